The molecular formula is C48H28N10. The van der Waals surface area contributed by atoms with Gasteiger partial charge in [-0.15, -0.1) is 0 Å². The van der Waals surface area contributed by atoms with Gasteiger partial charge in [-0.05, 0) is 106 Å². The SMILES string of the molecule is c1ncc2cc(N(c3ccc4ncncc4c3)c3ccc4ccc5c(N(c6ccc7ncncc7c6)c6ccc7ncncc7c6)ccc6ccc3c4c65)ccc2n1. The molecule has 8 aromatic carbocycles. The van der Waals surface area contributed by atoms with E-state index in [4.69, 9.17) is 0 Å². The van der Waals surface area contributed by atoms with Crippen molar-refractivity contribution in [3.8, 4) is 0 Å². The monoisotopic (exact) mass is 744 g/mol. The third-order valence-corrected chi connectivity index (χ3v) is 11.1. The molecule has 270 valence electrons. The van der Waals surface area contributed by atoms with Gasteiger partial charge in [0.1, 0.15) is 25.3 Å². The normalized spacial score (nSPS) is 11.8. The fraction of sp³-hybridized carbons (Fsp3) is 0. The summed E-state index contributed by atoms with van der Waals surface area (Å²) in [6.07, 6.45) is 13.8. The van der Waals surface area contributed by atoms with Crippen molar-refractivity contribution in [2.24, 2.45) is 0 Å². The number of benzene rings is 8. The molecule has 0 atom stereocenters. The van der Waals surface area contributed by atoms with E-state index >= 15 is 0 Å². The van der Waals surface area contributed by atoms with Gasteiger partial charge in [-0.2, -0.15) is 0 Å². The van der Waals surface area contributed by atoms with E-state index in [2.05, 4.69) is 171 Å². The van der Waals surface area contributed by atoms with Crippen LogP contribution in [-0.4, -0.2) is 39.9 Å². The molecule has 0 amide bonds. The maximum absolute atomic E-state index is 4.51. The molecule has 4 heterocycles. The number of rotatable bonds is 6. The molecule has 0 spiro atoms. The van der Waals surface area contributed by atoms with Crippen LogP contribution in [0.3, 0.4) is 0 Å². The molecule has 0 bridgehead atoms. The van der Waals surface area contributed by atoms with E-state index < -0.39 is 0 Å². The molecule has 0 aliphatic carbocycles. The minimum Gasteiger partial charge on any atom is -0.310 e. The molecule has 0 radical (unpaired) electrons. The molecule has 0 saturated carbocycles. The summed E-state index contributed by atoms with van der Waals surface area (Å²) in [6, 6.07) is 43.2. The number of nitrogens with zero attached hydrogens (tertiary/aromatic N) is 10. The lowest BCUT2D eigenvalue weighted by Crippen LogP contribution is -2.12. The summed E-state index contributed by atoms with van der Waals surface area (Å²) in [5.74, 6) is 0. The second-order valence-electron chi connectivity index (χ2n) is 14.3. The minimum absolute atomic E-state index is 0.885. The largest absolute Gasteiger partial charge is 0.310 e. The highest BCUT2D eigenvalue weighted by Crippen LogP contribution is 2.48. The molecular weight excluding hydrogens is 717 g/mol. The highest BCUT2D eigenvalue weighted by Gasteiger charge is 2.23. The molecule has 58 heavy (non-hydrogen) atoms. The average Bonchev–Trinajstić information content (AvgIpc) is 3.29. The lowest BCUT2D eigenvalue weighted by atomic mass is 9.91. The number of aromatic nitrogens is 8. The molecule has 10 heteroatoms. The van der Waals surface area contributed by atoms with Crippen LogP contribution in [0.5, 0.6) is 0 Å². The van der Waals surface area contributed by atoms with Crippen molar-refractivity contribution < 1.29 is 0 Å². The Morgan fingerprint density at radius 2 is 0.603 bits per heavy atom. The molecule has 0 fully saturated rings. The van der Waals surface area contributed by atoms with E-state index in [-0.39, 0.29) is 0 Å². The molecule has 4 aromatic heterocycles. The van der Waals surface area contributed by atoms with Crippen molar-refractivity contribution in [3.05, 3.63) is 171 Å². The Balaban J connectivity index is 1.12. The first kappa shape index (κ1) is 32.0. The Kier molecular flexibility index (Phi) is 6.99. The predicted octanol–water partition coefficient (Wildman–Crippen LogP) is 11.3. The molecule has 12 aromatic rings. The van der Waals surface area contributed by atoms with Gasteiger partial charge < -0.3 is 9.80 Å². The standard InChI is InChI=1S/C48H28N10/c1-9-39-45(57(35-5-11-41-31(17-35)21-49-25-53-41)36-6-12-42-32(18-36)22-50-26-54-42)16-4-30-2-10-40-46(15-3-29(1)47(40)48(30)39)58(37-7-13-43-33(19-37)23-51-27-55-43)38-8-14-44-34(20-38)24-52-28-56-44/h1-28H. The van der Waals surface area contributed by atoms with Gasteiger partial charge >= 0.3 is 0 Å². The Labute approximate surface area is 330 Å². The van der Waals surface area contributed by atoms with Gasteiger partial charge in [0.25, 0.3) is 0 Å². The van der Waals surface area contributed by atoms with Gasteiger partial charge in [0.05, 0.1) is 33.4 Å². The molecule has 0 unspecified atom stereocenters. The molecule has 12 rings (SSSR count). The smallest absolute Gasteiger partial charge is 0.116 e. The molecule has 0 aliphatic heterocycles. The lowest BCUT2D eigenvalue weighted by molar-refractivity contribution is 1.21. The van der Waals surface area contributed by atoms with Gasteiger partial charge in [-0.1, -0.05) is 36.4 Å². The highest BCUT2D eigenvalue weighted by molar-refractivity contribution is 6.28. The number of hydrogen-bond donors (Lipinski definition) is 0. The van der Waals surface area contributed by atoms with Gasteiger partial charge in [-0.3, -0.25) is 0 Å². The first-order valence-corrected chi connectivity index (χ1v) is 18.8. The van der Waals surface area contributed by atoms with E-state index in [1.54, 1.807) is 25.3 Å². The maximum Gasteiger partial charge on any atom is 0.116 e. The van der Waals surface area contributed by atoms with Gasteiger partial charge in [0.2, 0.25) is 0 Å². The number of fused-ring (bicyclic) bond motifs is 4. The number of hydrogen-bond acceptors (Lipinski definition) is 10. The lowest BCUT2D eigenvalue weighted by Gasteiger charge is -2.29. The summed E-state index contributed by atoms with van der Waals surface area (Å²) >= 11 is 0. The van der Waals surface area contributed by atoms with Gasteiger partial charge in [0.15, 0.2) is 0 Å². The van der Waals surface area contributed by atoms with E-state index in [9.17, 15) is 0 Å². The summed E-state index contributed by atoms with van der Waals surface area (Å²) < 4.78 is 0. The quantitative estimate of drug-likeness (QED) is 0.153. The first-order valence-electron chi connectivity index (χ1n) is 18.8. The van der Waals surface area contributed by atoms with Crippen molar-refractivity contribution in [1.29, 1.82) is 0 Å². The molecule has 0 N–H and O–H groups in total. The summed E-state index contributed by atoms with van der Waals surface area (Å²) in [6.45, 7) is 0. The zero-order valence-electron chi connectivity index (χ0n) is 30.6. The van der Waals surface area contributed by atoms with E-state index in [0.29, 0.717) is 0 Å². The Morgan fingerprint density at radius 1 is 0.293 bits per heavy atom. The summed E-state index contributed by atoms with van der Waals surface area (Å²) in [4.78, 5) is 40.0. The van der Waals surface area contributed by atoms with Crippen LogP contribution in [0.2, 0.25) is 0 Å². The zero-order chi connectivity index (χ0) is 38.2. The second kappa shape index (κ2) is 12.7. The molecule has 10 nitrogen and oxygen atoms in total. The average molecular weight is 745 g/mol. The van der Waals surface area contributed by atoms with E-state index in [1.165, 1.54) is 10.8 Å². The van der Waals surface area contributed by atoms with Crippen LogP contribution in [0.4, 0.5) is 34.1 Å². The van der Waals surface area contributed by atoms with Crippen molar-refractivity contribution >= 4 is 110 Å². The predicted molar refractivity (Wildman–Crippen MR) is 232 cm³/mol. The van der Waals surface area contributed by atoms with Crippen LogP contribution in [0, 0.1) is 0 Å². The molecule has 0 aliphatic rings. The third kappa shape index (κ3) is 5.05. The van der Waals surface area contributed by atoms with Gasteiger partial charge in [-0.25, -0.2) is 39.9 Å². The topological polar surface area (TPSA) is 110 Å². The molecule has 0 saturated heterocycles. The van der Waals surface area contributed by atoms with Crippen LogP contribution in [0.25, 0.3) is 75.9 Å². The summed E-state index contributed by atoms with van der Waals surface area (Å²) in [5.41, 5.74) is 9.57. The van der Waals surface area contributed by atoms with Crippen LogP contribution in [0.15, 0.2) is 171 Å². The van der Waals surface area contributed by atoms with Crippen molar-refractivity contribution in [2.45, 2.75) is 0 Å². The number of anilines is 6. The van der Waals surface area contributed by atoms with Gasteiger partial charge in [0, 0.05) is 79.9 Å². The fourth-order valence-electron chi connectivity index (χ4n) is 8.46. The van der Waals surface area contributed by atoms with E-state index in [0.717, 1.165) is 99.3 Å². The summed E-state index contributed by atoms with van der Waals surface area (Å²) in [7, 11) is 0. The van der Waals surface area contributed by atoms with Crippen molar-refractivity contribution in [1.82, 2.24) is 39.9 Å². The Morgan fingerprint density at radius 3 is 0.931 bits per heavy atom. The fourth-order valence-corrected chi connectivity index (χ4v) is 8.46. The minimum atomic E-state index is 0.885. The van der Waals surface area contributed by atoms with Crippen molar-refractivity contribution in [2.75, 3.05) is 9.80 Å². The van der Waals surface area contributed by atoms with Crippen LogP contribution in [0.1, 0.15) is 0 Å². The maximum atomic E-state index is 4.51. The zero-order valence-corrected chi connectivity index (χ0v) is 30.6. The Bertz CT molecular complexity index is 3180. The first-order chi connectivity index (χ1) is 28.7. The van der Waals surface area contributed by atoms with E-state index in [1.807, 2.05) is 24.8 Å². The Hall–Kier alpha value is -8.24. The van der Waals surface area contributed by atoms with Crippen LogP contribution in [-0.2, 0) is 0 Å². The third-order valence-electron chi connectivity index (χ3n) is 11.1. The van der Waals surface area contributed by atoms with Crippen LogP contribution >= 0.6 is 0 Å². The highest BCUT2D eigenvalue weighted by atomic mass is 15.2. The summed E-state index contributed by atoms with van der Waals surface area (Å²) in [5, 5.41) is 10.8. The van der Waals surface area contributed by atoms with Crippen molar-refractivity contribution in [3.63, 3.8) is 0 Å². The van der Waals surface area contributed by atoms with Crippen LogP contribution < -0.4 is 9.80 Å². The second-order valence-corrected chi connectivity index (χ2v) is 14.3.